The highest BCUT2D eigenvalue weighted by molar-refractivity contribution is 8.27. The van der Waals surface area contributed by atoms with Crippen LogP contribution in [0.5, 0.6) is 5.75 Å². The first kappa shape index (κ1) is 20.1. The summed E-state index contributed by atoms with van der Waals surface area (Å²) in [4.78, 5) is 25.5. The van der Waals surface area contributed by atoms with E-state index in [0.29, 0.717) is 5.56 Å². The molecule has 144 valence electrons. The molecule has 0 unspecified atom stereocenters. The van der Waals surface area contributed by atoms with Gasteiger partial charge in [-0.15, -0.1) is 0 Å². The Labute approximate surface area is 167 Å². The molecule has 0 atom stereocenters. The Morgan fingerprint density at radius 2 is 1.93 bits per heavy atom. The Hall–Kier alpha value is -2.65. The van der Waals surface area contributed by atoms with Crippen LogP contribution in [0.2, 0.25) is 0 Å². The molecule has 1 aliphatic rings. The zero-order chi connectivity index (χ0) is 20.6. The Balaban J connectivity index is 1.96. The van der Waals surface area contributed by atoms with Gasteiger partial charge in [0.1, 0.15) is 5.75 Å². The molecule has 1 saturated heterocycles. The molecule has 0 saturated carbocycles. The average Bonchev–Trinajstić information content (AvgIpc) is 2.89. The number of halogens is 3. The summed E-state index contributed by atoms with van der Waals surface area (Å²) >= 11 is 6.11. The van der Waals surface area contributed by atoms with Crippen molar-refractivity contribution < 1.29 is 27.9 Å². The smallest absolute Gasteiger partial charge is 0.416 e. The molecule has 0 aromatic heterocycles. The quantitative estimate of drug-likeness (QED) is 0.427. The third kappa shape index (κ3) is 3.95. The Morgan fingerprint density at radius 1 is 1.21 bits per heavy atom. The van der Waals surface area contributed by atoms with Gasteiger partial charge in [0.05, 0.1) is 21.7 Å². The van der Waals surface area contributed by atoms with Gasteiger partial charge in [-0.1, -0.05) is 36.1 Å². The predicted molar refractivity (Wildman–Crippen MR) is 105 cm³/mol. The molecule has 1 heterocycles. The first-order valence-corrected chi connectivity index (χ1v) is 9.09. The third-order valence-corrected chi connectivity index (χ3v) is 5.23. The monoisotopic (exact) mass is 423 g/mol. The van der Waals surface area contributed by atoms with Gasteiger partial charge in [0.2, 0.25) is 0 Å². The summed E-state index contributed by atoms with van der Waals surface area (Å²) in [7, 11) is 0. The highest BCUT2D eigenvalue weighted by atomic mass is 32.2. The summed E-state index contributed by atoms with van der Waals surface area (Å²) in [5, 5.41) is 9.71. The van der Waals surface area contributed by atoms with Gasteiger partial charge in [0.25, 0.3) is 5.91 Å². The zero-order valence-corrected chi connectivity index (χ0v) is 15.9. The molecule has 0 spiro atoms. The lowest BCUT2D eigenvalue weighted by molar-refractivity contribution is -0.137. The fraction of sp³-hybridized carbons (Fsp3) is 0.105. The van der Waals surface area contributed by atoms with E-state index >= 15 is 0 Å². The summed E-state index contributed by atoms with van der Waals surface area (Å²) in [5.41, 5.74) is -0.279. The zero-order valence-electron chi connectivity index (χ0n) is 14.3. The van der Waals surface area contributed by atoms with E-state index < -0.39 is 17.6 Å². The highest BCUT2D eigenvalue weighted by Gasteiger charge is 2.36. The highest BCUT2D eigenvalue weighted by Crippen LogP contribution is 2.38. The van der Waals surface area contributed by atoms with Gasteiger partial charge in [-0.25, -0.2) is 0 Å². The van der Waals surface area contributed by atoms with E-state index in [0.717, 1.165) is 28.8 Å². The number of ketones is 1. The van der Waals surface area contributed by atoms with E-state index in [1.54, 1.807) is 0 Å². The van der Waals surface area contributed by atoms with Gasteiger partial charge in [-0.3, -0.25) is 14.5 Å². The van der Waals surface area contributed by atoms with Crippen LogP contribution in [0.4, 0.5) is 18.9 Å². The van der Waals surface area contributed by atoms with E-state index in [9.17, 15) is 27.9 Å². The SMILES string of the molecule is CC(=O)c1cc(/C=C2\SC(=S)N(c3cccc(C(F)(F)F)c3)C2=O)ccc1O. The van der Waals surface area contributed by atoms with Crippen molar-refractivity contribution in [2.75, 3.05) is 4.90 Å². The number of aromatic hydroxyl groups is 1. The second kappa shape index (κ2) is 7.40. The number of rotatable bonds is 3. The first-order valence-electron chi connectivity index (χ1n) is 7.87. The number of alkyl halides is 3. The van der Waals surface area contributed by atoms with Crippen molar-refractivity contribution in [3.63, 3.8) is 0 Å². The Morgan fingerprint density at radius 3 is 2.57 bits per heavy atom. The first-order chi connectivity index (χ1) is 13.1. The lowest BCUT2D eigenvalue weighted by atomic mass is 10.1. The number of carbonyl (C=O) groups is 2. The van der Waals surface area contributed by atoms with E-state index in [1.165, 1.54) is 43.3 Å². The average molecular weight is 423 g/mol. The summed E-state index contributed by atoms with van der Waals surface area (Å²) < 4.78 is 38.9. The van der Waals surface area contributed by atoms with Crippen molar-refractivity contribution in [2.45, 2.75) is 13.1 Å². The standard InChI is InChI=1S/C19H12F3NO3S2/c1-10(24)14-7-11(5-6-15(14)25)8-16-17(26)23(18(27)28-16)13-4-2-3-12(9-13)19(20,21)22/h2-9,25H,1H3/b16-8-. The molecule has 0 aliphatic carbocycles. The van der Waals surface area contributed by atoms with Gasteiger partial charge >= 0.3 is 6.18 Å². The lowest BCUT2D eigenvalue weighted by Crippen LogP contribution is -2.27. The number of thioether (sulfide) groups is 1. The molecule has 4 nitrogen and oxygen atoms in total. The largest absolute Gasteiger partial charge is 0.507 e. The van der Waals surface area contributed by atoms with Crippen LogP contribution in [-0.4, -0.2) is 21.1 Å². The van der Waals surface area contributed by atoms with Crippen LogP contribution in [0.25, 0.3) is 6.08 Å². The van der Waals surface area contributed by atoms with Crippen molar-refractivity contribution in [1.82, 2.24) is 0 Å². The van der Waals surface area contributed by atoms with Gasteiger partial charge in [0.15, 0.2) is 10.1 Å². The van der Waals surface area contributed by atoms with Crippen LogP contribution in [0.1, 0.15) is 28.4 Å². The molecule has 1 N–H and O–H groups in total. The fourth-order valence-corrected chi connectivity index (χ4v) is 3.89. The number of Topliss-reactive ketones (excluding diaryl/α,β-unsaturated/α-hetero) is 1. The molecule has 0 bridgehead atoms. The maximum atomic E-state index is 12.9. The number of amides is 1. The molecule has 2 aromatic rings. The van der Waals surface area contributed by atoms with E-state index in [2.05, 4.69) is 0 Å². The van der Waals surface area contributed by atoms with Crippen molar-refractivity contribution in [3.05, 3.63) is 64.1 Å². The van der Waals surface area contributed by atoms with Crippen LogP contribution in [0.3, 0.4) is 0 Å². The maximum Gasteiger partial charge on any atom is 0.416 e. The normalized spacial score (nSPS) is 16.1. The summed E-state index contributed by atoms with van der Waals surface area (Å²) in [5.74, 6) is -1.09. The van der Waals surface area contributed by atoms with Crippen molar-refractivity contribution >= 4 is 51.8 Å². The second-order valence-electron chi connectivity index (χ2n) is 5.90. The predicted octanol–water partition coefficient (Wildman–Crippen LogP) is 5.02. The molecule has 3 rings (SSSR count). The van der Waals surface area contributed by atoms with E-state index in [4.69, 9.17) is 12.2 Å². The topological polar surface area (TPSA) is 57.6 Å². The number of anilines is 1. The third-order valence-electron chi connectivity index (χ3n) is 3.92. The second-order valence-corrected chi connectivity index (χ2v) is 7.57. The molecular weight excluding hydrogens is 411 g/mol. The Bertz CT molecular complexity index is 1030. The minimum Gasteiger partial charge on any atom is -0.507 e. The van der Waals surface area contributed by atoms with Crippen LogP contribution < -0.4 is 4.90 Å². The minimum atomic E-state index is -4.54. The molecule has 1 fully saturated rings. The van der Waals surface area contributed by atoms with Gasteiger partial charge in [-0.05, 0) is 48.9 Å². The van der Waals surface area contributed by atoms with Gasteiger partial charge in [-0.2, -0.15) is 13.2 Å². The maximum absolute atomic E-state index is 12.9. The minimum absolute atomic E-state index is 0.0239. The molecule has 0 radical (unpaired) electrons. The Kier molecular flexibility index (Phi) is 5.31. The van der Waals surface area contributed by atoms with Crippen LogP contribution in [0, 0.1) is 0 Å². The fourth-order valence-electron chi connectivity index (χ4n) is 2.59. The van der Waals surface area contributed by atoms with Crippen molar-refractivity contribution in [3.8, 4) is 5.75 Å². The van der Waals surface area contributed by atoms with E-state index in [-0.39, 0.29) is 32.0 Å². The van der Waals surface area contributed by atoms with Crippen LogP contribution >= 0.6 is 24.0 Å². The number of hydrogen-bond acceptors (Lipinski definition) is 5. The lowest BCUT2D eigenvalue weighted by Gasteiger charge is -2.16. The number of thiocarbonyl (C=S) groups is 1. The number of hydrogen-bond donors (Lipinski definition) is 1. The number of carbonyl (C=O) groups excluding carboxylic acids is 2. The number of phenols is 1. The van der Waals surface area contributed by atoms with Crippen molar-refractivity contribution in [2.24, 2.45) is 0 Å². The number of phenolic OH excluding ortho intramolecular Hbond substituents is 1. The molecule has 1 aliphatic heterocycles. The number of benzene rings is 2. The molecule has 2 aromatic carbocycles. The molecule has 28 heavy (non-hydrogen) atoms. The molecular formula is C19H12F3NO3S2. The van der Waals surface area contributed by atoms with Crippen molar-refractivity contribution in [1.29, 1.82) is 0 Å². The number of nitrogens with zero attached hydrogens (tertiary/aromatic N) is 1. The summed E-state index contributed by atoms with van der Waals surface area (Å²) in [6, 6.07) is 8.62. The van der Waals surface area contributed by atoms with E-state index in [1.807, 2.05) is 0 Å². The molecule has 9 heteroatoms. The van der Waals surface area contributed by atoms with Crippen LogP contribution in [-0.2, 0) is 11.0 Å². The van der Waals surface area contributed by atoms with Crippen LogP contribution in [0.15, 0.2) is 47.4 Å². The van der Waals surface area contributed by atoms with Gasteiger partial charge < -0.3 is 5.11 Å². The summed E-state index contributed by atoms with van der Waals surface area (Å²) in [6.07, 6.45) is -3.07. The van der Waals surface area contributed by atoms with Gasteiger partial charge in [0, 0.05) is 0 Å². The molecule has 1 amide bonds. The summed E-state index contributed by atoms with van der Waals surface area (Å²) in [6.45, 7) is 1.30.